The van der Waals surface area contributed by atoms with E-state index in [1.807, 2.05) is 13.8 Å². The quantitative estimate of drug-likeness (QED) is 0.741. The topological polar surface area (TPSA) is 71.2 Å². The zero-order valence-corrected chi connectivity index (χ0v) is 11.0. The number of rotatable bonds is 4. The van der Waals surface area contributed by atoms with Crippen molar-refractivity contribution in [1.29, 1.82) is 0 Å². The Labute approximate surface area is 111 Å². The Morgan fingerprint density at radius 1 is 1.47 bits per heavy atom. The van der Waals surface area contributed by atoms with Gasteiger partial charge in [0.2, 0.25) is 0 Å². The number of anilines is 2. The first-order chi connectivity index (χ1) is 9.04. The second-order valence-electron chi connectivity index (χ2n) is 4.90. The molecule has 1 aromatic heterocycles. The number of aromatic nitrogens is 1. The largest absolute Gasteiger partial charge is 0.398 e. The molecular formula is C14H18FN3O. The standard InChI is InChI=1S/C14H18FN3O/c1-8(2)12(7-19)18-14-10(15)6-11(16)9-4-3-5-17-13(9)14/h3-6,8,12,18-19H,7,16H2,1-2H3/t12-/m1/s1. The fourth-order valence-electron chi connectivity index (χ4n) is 1.98. The molecule has 0 aliphatic heterocycles. The number of hydrogen-bond donors (Lipinski definition) is 3. The van der Waals surface area contributed by atoms with Crippen molar-refractivity contribution in [3.8, 4) is 0 Å². The first kappa shape index (κ1) is 13.5. The summed E-state index contributed by atoms with van der Waals surface area (Å²) in [4.78, 5) is 4.19. The van der Waals surface area contributed by atoms with Gasteiger partial charge in [0, 0.05) is 17.3 Å². The van der Waals surface area contributed by atoms with Crippen LogP contribution in [0.2, 0.25) is 0 Å². The highest BCUT2D eigenvalue weighted by atomic mass is 19.1. The fraction of sp³-hybridized carbons (Fsp3) is 0.357. The summed E-state index contributed by atoms with van der Waals surface area (Å²) in [5.41, 5.74) is 6.92. The molecule has 1 aromatic carbocycles. The molecule has 19 heavy (non-hydrogen) atoms. The van der Waals surface area contributed by atoms with E-state index in [1.165, 1.54) is 6.07 Å². The summed E-state index contributed by atoms with van der Waals surface area (Å²) in [6.45, 7) is 3.84. The van der Waals surface area contributed by atoms with Crippen LogP contribution in [0.25, 0.3) is 10.9 Å². The minimum atomic E-state index is -0.456. The smallest absolute Gasteiger partial charge is 0.150 e. The van der Waals surface area contributed by atoms with Gasteiger partial charge in [-0.25, -0.2) is 4.39 Å². The maximum absolute atomic E-state index is 14.1. The summed E-state index contributed by atoms with van der Waals surface area (Å²) in [5, 5.41) is 13.1. The Morgan fingerprint density at radius 3 is 2.84 bits per heavy atom. The summed E-state index contributed by atoms with van der Waals surface area (Å²) in [6, 6.07) is 4.60. The Hall–Kier alpha value is -1.88. The molecule has 102 valence electrons. The van der Waals surface area contributed by atoms with Gasteiger partial charge in [-0.3, -0.25) is 4.98 Å². The molecule has 0 bridgehead atoms. The lowest BCUT2D eigenvalue weighted by molar-refractivity contribution is 0.249. The van der Waals surface area contributed by atoms with Crippen LogP contribution in [-0.2, 0) is 0 Å². The molecule has 4 N–H and O–H groups in total. The van der Waals surface area contributed by atoms with Gasteiger partial charge in [0.25, 0.3) is 0 Å². The third kappa shape index (κ3) is 2.61. The van der Waals surface area contributed by atoms with Gasteiger partial charge in [0.1, 0.15) is 0 Å². The van der Waals surface area contributed by atoms with E-state index in [1.54, 1.807) is 18.3 Å². The van der Waals surface area contributed by atoms with Crippen molar-refractivity contribution >= 4 is 22.3 Å². The fourth-order valence-corrected chi connectivity index (χ4v) is 1.98. The highest BCUT2D eigenvalue weighted by molar-refractivity contribution is 5.98. The van der Waals surface area contributed by atoms with E-state index in [9.17, 15) is 9.50 Å². The molecule has 4 nitrogen and oxygen atoms in total. The zero-order chi connectivity index (χ0) is 14.0. The molecule has 0 radical (unpaired) electrons. The Balaban J connectivity index is 2.53. The van der Waals surface area contributed by atoms with Crippen LogP contribution in [0.15, 0.2) is 24.4 Å². The minimum Gasteiger partial charge on any atom is -0.398 e. The summed E-state index contributed by atoms with van der Waals surface area (Å²) >= 11 is 0. The predicted molar refractivity (Wildman–Crippen MR) is 75.4 cm³/mol. The van der Waals surface area contributed by atoms with Gasteiger partial charge in [0.05, 0.1) is 23.9 Å². The van der Waals surface area contributed by atoms with Gasteiger partial charge in [-0.2, -0.15) is 0 Å². The van der Waals surface area contributed by atoms with Crippen LogP contribution in [0.4, 0.5) is 15.8 Å². The van der Waals surface area contributed by atoms with Crippen molar-refractivity contribution in [2.45, 2.75) is 19.9 Å². The first-order valence-electron chi connectivity index (χ1n) is 6.24. The third-order valence-corrected chi connectivity index (χ3v) is 3.21. The third-order valence-electron chi connectivity index (χ3n) is 3.21. The number of nitrogen functional groups attached to an aromatic ring is 1. The molecular weight excluding hydrogens is 245 g/mol. The number of benzene rings is 1. The molecule has 1 heterocycles. The number of pyridine rings is 1. The average molecular weight is 263 g/mol. The lowest BCUT2D eigenvalue weighted by atomic mass is 10.0. The summed E-state index contributed by atoms with van der Waals surface area (Å²) in [6.07, 6.45) is 1.59. The molecule has 5 heteroatoms. The normalized spacial score (nSPS) is 12.9. The molecule has 0 spiro atoms. The van der Waals surface area contributed by atoms with E-state index in [2.05, 4.69) is 10.3 Å². The molecule has 2 aromatic rings. The number of halogens is 1. The Morgan fingerprint density at radius 2 is 2.21 bits per heavy atom. The Kier molecular flexibility index (Phi) is 3.85. The lowest BCUT2D eigenvalue weighted by Gasteiger charge is -2.22. The maximum atomic E-state index is 14.1. The summed E-state index contributed by atoms with van der Waals surface area (Å²) < 4.78 is 14.1. The van der Waals surface area contributed by atoms with Crippen LogP contribution in [0, 0.1) is 11.7 Å². The number of nitrogens with zero attached hydrogens (tertiary/aromatic N) is 1. The van der Waals surface area contributed by atoms with E-state index in [4.69, 9.17) is 5.73 Å². The summed E-state index contributed by atoms with van der Waals surface area (Å²) in [5.74, 6) is -0.288. The number of hydrogen-bond acceptors (Lipinski definition) is 4. The SMILES string of the molecule is CC(C)[C@@H](CO)Nc1c(F)cc(N)c2cccnc12. The van der Waals surface area contributed by atoms with Gasteiger partial charge >= 0.3 is 0 Å². The van der Waals surface area contributed by atoms with E-state index < -0.39 is 5.82 Å². The lowest BCUT2D eigenvalue weighted by Crippen LogP contribution is -2.30. The van der Waals surface area contributed by atoms with Gasteiger partial charge in [-0.1, -0.05) is 13.8 Å². The predicted octanol–water partition coefficient (Wildman–Crippen LogP) is 2.38. The molecule has 2 rings (SSSR count). The van der Waals surface area contributed by atoms with E-state index in [0.29, 0.717) is 16.6 Å². The molecule has 0 saturated heterocycles. The van der Waals surface area contributed by atoms with Crippen molar-refractivity contribution in [1.82, 2.24) is 4.98 Å². The van der Waals surface area contributed by atoms with Gasteiger partial charge in [-0.05, 0) is 24.1 Å². The highest BCUT2D eigenvalue weighted by Crippen LogP contribution is 2.30. The van der Waals surface area contributed by atoms with Gasteiger partial charge in [-0.15, -0.1) is 0 Å². The van der Waals surface area contributed by atoms with Crippen LogP contribution in [0.1, 0.15) is 13.8 Å². The summed E-state index contributed by atoms with van der Waals surface area (Å²) in [7, 11) is 0. The zero-order valence-electron chi connectivity index (χ0n) is 11.0. The number of aliphatic hydroxyl groups is 1. The van der Waals surface area contributed by atoms with Crippen molar-refractivity contribution in [3.63, 3.8) is 0 Å². The Bertz CT molecular complexity index is 586. The molecule has 0 saturated carbocycles. The second-order valence-corrected chi connectivity index (χ2v) is 4.90. The molecule has 0 fully saturated rings. The van der Waals surface area contributed by atoms with Crippen molar-refractivity contribution in [2.24, 2.45) is 5.92 Å². The molecule has 1 atom stereocenters. The van der Waals surface area contributed by atoms with Crippen molar-refractivity contribution in [2.75, 3.05) is 17.7 Å². The van der Waals surface area contributed by atoms with Crippen molar-refractivity contribution < 1.29 is 9.50 Å². The van der Waals surface area contributed by atoms with E-state index in [0.717, 1.165) is 0 Å². The maximum Gasteiger partial charge on any atom is 0.150 e. The van der Waals surface area contributed by atoms with Crippen LogP contribution in [0.5, 0.6) is 0 Å². The number of fused-ring (bicyclic) bond motifs is 1. The van der Waals surface area contributed by atoms with Crippen LogP contribution >= 0.6 is 0 Å². The molecule has 0 aliphatic carbocycles. The minimum absolute atomic E-state index is 0.0736. The van der Waals surface area contributed by atoms with Crippen LogP contribution in [-0.4, -0.2) is 22.7 Å². The number of nitrogens with two attached hydrogens (primary N) is 1. The average Bonchev–Trinajstić information content (AvgIpc) is 2.38. The first-order valence-corrected chi connectivity index (χ1v) is 6.24. The van der Waals surface area contributed by atoms with Crippen LogP contribution < -0.4 is 11.1 Å². The second kappa shape index (κ2) is 5.40. The van der Waals surface area contributed by atoms with Crippen molar-refractivity contribution in [3.05, 3.63) is 30.2 Å². The number of nitrogens with one attached hydrogen (secondary N) is 1. The molecule has 0 unspecified atom stereocenters. The highest BCUT2D eigenvalue weighted by Gasteiger charge is 2.17. The number of aliphatic hydroxyl groups excluding tert-OH is 1. The molecule has 0 aliphatic rings. The van der Waals surface area contributed by atoms with E-state index >= 15 is 0 Å². The molecule has 0 amide bonds. The van der Waals surface area contributed by atoms with Crippen LogP contribution in [0.3, 0.4) is 0 Å². The monoisotopic (exact) mass is 263 g/mol. The van der Waals surface area contributed by atoms with Gasteiger partial charge < -0.3 is 16.2 Å². The van der Waals surface area contributed by atoms with E-state index in [-0.39, 0.29) is 24.3 Å². The van der Waals surface area contributed by atoms with Gasteiger partial charge in [0.15, 0.2) is 5.82 Å².